The van der Waals surface area contributed by atoms with E-state index in [-0.39, 0.29) is 22.4 Å². The average Bonchev–Trinajstić information content (AvgIpc) is 2.90. The Morgan fingerprint density at radius 1 is 0.917 bits per heavy atom. The van der Waals surface area contributed by atoms with Crippen molar-refractivity contribution < 1.29 is 33.0 Å². The number of likely N-dealkylation sites (N-methyl/N-ethyl adjacent to an activating group) is 1. The molecule has 2 unspecified atom stereocenters. The van der Waals surface area contributed by atoms with Crippen molar-refractivity contribution in [3.8, 4) is 11.5 Å². The maximum absolute atomic E-state index is 15.0. The molecule has 3 aromatic rings. The number of hydrogen-bond donors (Lipinski definition) is 1. The van der Waals surface area contributed by atoms with Crippen molar-refractivity contribution in [2.45, 2.75) is 12.0 Å². The van der Waals surface area contributed by atoms with Crippen LogP contribution in [0.25, 0.3) is 0 Å². The van der Waals surface area contributed by atoms with Crippen LogP contribution in [0, 0.1) is 5.82 Å². The normalized spacial score (nSPS) is 16.7. The van der Waals surface area contributed by atoms with E-state index in [0.717, 1.165) is 0 Å². The summed E-state index contributed by atoms with van der Waals surface area (Å²) in [4.78, 5) is 40.9. The van der Waals surface area contributed by atoms with E-state index in [1.165, 1.54) is 63.6 Å². The molecule has 0 radical (unpaired) electrons. The third-order valence-electron chi connectivity index (χ3n) is 6.27. The number of carbonyl (C=O) groups is 3. The molecular formula is C27H25FN2O6. The number of hydrogen-bond acceptors (Lipinski definition) is 6. The van der Waals surface area contributed by atoms with E-state index in [9.17, 15) is 14.4 Å². The average molecular weight is 493 g/mol. The molecule has 0 aliphatic carbocycles. The van der Waals surface area contributed by atoms with Crippen LogP contribution in [0.2, 0.25) is 0 Å². The Kier molecular flexibility index (Phi) is 6.91. The number of methoxy groups -OCH3 is 3. The highest BCUT2D eigenvalue weighted by Gasteiger charge is 2.44. The molecular weight excluding hydrogens is 467 g/mol. The molecule has 0 aromatic heterocycles. The van der Waals surface area contributed by atoms with Crippen LogP contribution in [-0.2, 0) is 9.53 Å². The van der Waals surface area contributed by atoms with Gasteiger partial charge < -0.3 is 24.4 Å². The molecule has 0 saturated heterocycles. The van der Waals surface area contributed by atoms with Gasteiger partial charge in [-0.15, -0.1) is 0 Å². The summed E-state index contributed by atoms with van der Waals surface area (Å²) < 4.78 is 30.6. The van der Waals surface area contributed by atoms with E-state index in [4.69, 9.17) is 14.2 Å². The summed E-state index contributed by atoms with van der Waals surface area (Å²) in [5.41, 5.74) is 1.13. The van der Waals surface area contributed by atoms with Crippen molar-refractivity contribution in [2.24, 2.45) is 0 Å². The minimum Gasteiger partial charge on any atom is -0.493 e. The number of nitrogens with one attached hydrogen (secondary N) is 1. The van der Waals surface area contributed by atoms with Crippen molar-refractivity contribution in [3.05, 3.63) is 88.7 Å². The smallest absolute Gasteiger partial charge is 0.339 e. The van der Waals surface area contributed by atoms with Gasteiger partial charge in [0, 0.05) is 18.2 Å². The van der Waals surface area contributed by atoms with E-state index in [1.807, 2.05) is 0 Å². The third kappa shape index (κ3) is 4.24. The molecule has 36 heavy (non-hydrogen) atoms. The highest BCUT2D eigenvalue weighted by molar-refractivity contribution is 6.07. The van der Waals surface area contributed by atoms with Gasteiger partial charge in [-0.1, -0.05) is 30.3 Å². The Bertz CT molecular complexity index is 1340. The standard InChI is InChI=1S/C27H25FN2O6/c1-30-24(15-9-5-7-11-19(15)28)23(17-13-21(34-2)22(35-3)14-18(17)26(30)32)25(31)29-20-12-8-6-10-16(20)27(33)36-4/h5-14,23-24H,1-4H3,(H,29,31). The Balaban J connectivity index is 1.90. The molecule has 186 valence electrons. The number of carbonyl (C=O) groups excluding carboxylic acids is 3. The van der Waals surface area contributed by atoms with E-state index < -0.39 is 35.6 Å². The fourth-order valence-electron chi connectivity index (χ4n) is 4.53. The molecule has 3 aromatic carbocycles. The van der Waals surface area contributed by atoms with Gasteiger partial charge in [-0.3, -0.25) is 9.59 Å². The fourth-order valence-corrected chi connectivity index (χ4v) is 4.53. The number of anilines is 1. The SMILES string of the molecule is COC(=O)c1ccccc1NC(=O)C1c2cc(OC)c(OC)cc2C(=O)N(C)C1c1ccccc1F. The number of benzene rings is 3. The van der Waals surface area contributed by atoms with Crippen molar-refractivity contribution in [3.63, 3.8) is 0 Å². The van der Waals surface area contributed by atoms with E-state index >= 15 is 4.39 Å². The van der Waals surface area contributed by atoms with Gasteiger partial charge in [0.2, 0.25) is 5.91 Å². The van der Waals surface area contributed by atoms with Crippen molar-refractivity contribution in [1.82, 2.24) is 4.90 Å². The van der Waals surface area contributed by atoms with Crippen molar-refractivity contribution in [1.29, 1.82) is 0 Å². The highest BCUT2D eigenvalue weighted by atomic mass is 19.1. The molecule has 0 bridgehead atoms. The quantitative estimate of drug-likeness (QED) is 0.519. The lowest BCUT2D eigenvalue weighted by atomic mass is 9.79. The molecule has 4 rings (SSSR count). The maximum Gasteiger partial charge on any atom is 0.339 e. The maximum atomic E-state index is 15.0. The minimum absolute atomic E-state index is 0.156. The Morgan fingerprint density at radius 3 is 2.22 bits per heavy atom. The van der Waals surface area contributed by atoms with Crippen molar-refractivity contribution in [2.75, 3.05) is 33.7 Å². The molecule has 1 aliphatic heterocycles. The molecule has 0 saturated carbocycles. The lowest BCUT2D eigenvalue weighted by Gasteiger charge is -2.40. The zero-order valence-corrected chi connectivity index (χ0v) is 20.2. The molecule has 9 heteroatoms. The Hall–Kier alpha value is -4.40. The second-order valence-electron chi connectivity index (χ2n) is 8.18. The van der Waals surface area contributed by atoms with Crippen LogP contribution in [0.15, 0.2) is 60.7 Å². The van der Waals surface area contributed by atoms with Gasteiger partial charge in [-0.05, 0) is 35.9 Å². The lowest BCUT2D eigenvalue weighted by Crippen LogP contribution is -2.44. The predicted octanol–water partition coefficient (Wildman–Crippen LogP) is 4.18. The first-order valence-corrected chi connectivity index (χ1v) is 11.1. The summed E-state index contributed by atoms with van der Waals surface area (Å²) in [6, 6.07) is 14.5. The van der Waals surface area contributed by atoms with Crippen LogP contribution in [0.3, 0.4) is 0 Å². The van der Waals surface area contributed by atoms with Gasteiger partial charge in [-0.25, -0.2) is 9.18 Å². The van der Waals surface area contributed by atoms with E-state index in [2.05, 4.69) is 5.32 Å². The number of fused-ring (bicyclic) bond motifs is 1. The number of ether oxygens (including phenoxy) is 3. The first-order chi connectivity index (χ1) is 17.3. The summed E-state index contributed by atoms with van der Waals surface area (Å²) in [6.07, 6.45) is 0. The van der Waals surface area contributed by atoms with Crippen LogP contribution in [-0.4, -0.2) is 51.1 Å². The fraction of sp³-hybridized carbons (Fsp3) is 0.222. The van der Waals surface area contributed by atoms with Crippen LogP contribution < -0.4 is 14.8 Å². The highest BCUT2D eigenvalue weighted by Crippen LogP contribution is 2.46. The van der Waals surface area contributed by atoms with Crippen LogP contribution in [0.1, 0.15) is 43.8 Å². The molecule has 2 atom stereocenters. The van der Waals surface area contributed by atoms with Crippen LogP contribution in [0.4, 0.5) is 10.1 Å². The molecule has 2 amide bonds. The topological polar surface area (TPSA) is 94.2 Å². The zero-order valence-electron chi connectivity index (χ0n) is 20.2. The van der Waals surface area contributed by atoms with E-state index in [0.29, 0.717) is 17.1 Å². The van der Waals surface area contributed by atoms with E-state index in [1.54, 1.807) is 30.3 Å². The molecule has 1 N–H and O–H groups in total. The Labute approximate surface area is 207 Å². The number of halogens is 1. The number of amides is 2. The summed E-state index contributed by atoms with van der Waals surface area (Å²) in [6.45, 7) is 0. The van der Waals surface area contributed by atoms with Crippen LogP contribution in [0.5, 0.6) is 11.5 Å². The van der Waals surface area contributed by atoms with Gasteiger partial charge in [-0.2, -0.15) is 0 Å². The number of nitrogens with zero attached hydrogens (tertiary/aromatic N) is 1. The molecule has 0 fully saturated rings. The molecule has 1 aliphatic rings. The predicted molar refractivity (Wildman–Crippen MR) is 130 cm³/mol. The summed E-state index contributed by atoms with van der Waals surface area (Å²) >= 11 is 0. The minimum atomic E-state index is -1.05. The summed E-state index contributed by atoms with van der Waals surface area (Å²) in [5.74, 6) is -2.56. The summed E-state index contributed by atoms with van der Waals surface area (Å²) in [5, 5.41) is 2.78. The first kappa shape index (κ1) is 24.7. The molecule has 0 spiro atoms. The van der Waals surface area contributed by atoms with Crippen LogP contribution >= 0.6 is 0 Å². The lowest BCUT2D eigenvalue weighted by molar-refractivity contribution is -0.119. The van der Waals surface area contributed by atoms with Crippen molar-refractivity contribution >= 4 is 23.5 Å². The van der Waals surface area contributed by atoms with Gasteiger partial charge in [0.1, 0.15) is 5.82 Å². The number of rotatable bonds is 6. The van der Waals surface area contributed by atoms with Gasteiger partial charge in [0.15, 0.2) is 11.5 Å². The molecule has 8 nitrogen and oxygen atoms in total. The molecule has 1 heterocycles. The second-order valence-corrected chi connectivity index (χ2v) is 8.18. The summed E-state index contributed by atoms with van der Waals surface area (Å²) in [7, 11) is 5.64. The van der Waals surface area contributed by atoms with Gasteiger partial charge in [0.05, 0.1) is 44.5 Å². The second kappa shape index (κ2) is 10.1. The first-order valence-electron chi connectivity index (χ1n) is 11.1. The van der Waals surface area contributed by atoms with Gasteiger partial charge >= 0.3 is 5.97 Å². The number of esters is 1. The largest absolute Gasteiger partial charge is 0.493 e. The third-order valence-corrected chi connectivity index (χ3v) is 6.27. The van der Waals surface area contributed by atoms with Gasteiger partial charge in [0.25, 0.3) is 5.91 Å². The number of para-hydroxylation sites is 1. The monoisotopic (exact) mass is 492 g/mol. The Morgan fingerprint density at radius 2 is 1.56 bits per heavy atom. The zero-order chi connectivity index (χ0) is 26.0.